The van der Waals surface area contributed by atoms with Crippen LogP contribution in [0.4, 0.5) is 5.82 Å². The first-order chi connectivity index (χ1) is 7.81. The number of pyridine rings is 1. The Bertz CT molecular complexity index is 336. The summed E-state index contributed by atoms with van der Waals surface area (Å²) in [4.78, 5) is 4.34. The number of nitrogens with zero attached hydrogens (tertiary/aromatic N) is 1. The maximum absolute atomic E-state index is 5.54. The summed E-state index contributed by atoms with van der Waals surface area (Å²) >= 11 is 0. The molecule has 1 atom stereocenters. The standard InChI is InChI=1S/C13H20N2O/c1-3-16-12-8-5-9-14-13(12)15-10(2)11-6-4-7-11/h5,8-11H,3-4,6-7H2,1-2H3,(H,14,15). The number of anilines is 1. The Morgan fingerprint density at radius 2 is 2.38 bits per heavy atom. The lowest BCUT2D eigenvalue weighted by atomic mass is 9.80. The lowest BCUT2D eigenvalue weighted by Crippen LogP contribution is -2.31. The average molecular weight is 220 g/mol. The molecule has 3 nitrogen and oxygen atoms in total. The van der Waals surface area contributed by atoms with Crippen molar-refractivity contribution in [3.63, 3.8) is 0 Å². The molecule has 16 heavy (non-hydrogen) atoms. The fourth-order valence-electron chi connectivity index (χ4n) is 2.04. The van der Waals surface area contributed by atoms with Gasteiger partial charge < -0.3 is 10.1 Å². The van der Waals surface area contributed by atoms with Crippen molar-refractivity contribution >= 4 is 5.82 Å². The molecule has 1 unspecified atom stereocenters. The van der Waals surface area contributed by atoms with Crippen LogP contribution in [0.15, 0.2) is 18.3 Å². The molecule has 1 N–H and O–H groups in total. The Balaban J connectivity index is 2.01. The molecular formula is C13H20N2O. The number of hydrogen-bond acceptors (Lipinski definition) is 3. The molecule has 3 heteroatoms. The molecule has 0 radical (unpaired) electrons. The summed E-state index contributed by atoms with van der Waals surface area (Å²) in [5, 5.41) is 3.46. The lowest BCUT2D eigenvalue weighted by molar-refractivity contribution is 0.283. The third kappa shape index (κ3) is 2.46. The first-order valence-corrected chi connectivity index (χ1v) is 6.15. The normalized spacial score (nSPS) is 17.6. The molecular weight excluding hydrogens is 200 g/mol. The van der Waals surface area contributed by atoms with E-state index in [2.05, 4.69) is 17.2 Å². The van der Waals surface area contributed by atoms with E-state index in [0.717, 1.165) is 17.5 Å². The van der Waals surface area contributed by atoms with Gasteiger partial charge in [-0.05, 0) is 44.7 Å². The molecule has 0 amide bonds. The monoisotopic (exact) mass is 220 g/mol. The fraction of sp³-hybridized carbons (Fsp3) is 0.615. The topological polar surface area (TPSA) is 34.1 Å². The van der Waals surface area contributed by atoms with E-state index in [1.54, 1.807) is 6.20 Å². The molecule has 1 aliphatic rings. The van der Waals surface area contributed by atoms with E-state index < -0.39 is 0 Å². The quantitative estimate of drug-likeness (QED) is 0.828. The molecule has 1 fully saturated rings. The summed E-state index contributed by atoms with van der Waals surface area (Å²) in [7, 11) is 0. The molecule has 1 aromatic rings. The van der Waals surface area contributed by atoms with Gasteiger partial charge in [-0.3, -0.25) is 0 Å². The molecule has 0 aliphatic heterocycles. The van der Waals surface area contributed by atoms with Gasteiger partial charge in [-0.25, -0.2) is 4.98 Å². The predicted octanol–water partition coefficient (Wildman–Crippen LogP) is 3.08. The van der Waals surface area contributed by atoms with Gasteiger partial charge in [0.15, 0.2) is 11.6 Å². The maximum Gasteiger partial charge on any atom is 0.168 e. The van der Waals surface area contributed by atoms with Gasteiger partial charge in [0.05, 0.1) is 6.61 Å². The summed E-state index contributed by atoms with van der Waals surface area (Å²) in [5.74, 6) is 2.54. The summed E-state index contributed by atoms with van der Waals surface area (Å²) < 4.78 is 5.54. The zero-order chi connectivity index (χ0) is 11.4. The number of rotatable bonds is 5. The summed E-state index contributed by atoms with van der Waals surface area (Å²) in [6.07, 6.45) is 5.85. The van der Waals surface area contributed by atoms with Crippen LogP contribution < -0.4 is 10.1 Å². The molecule has 1 saturated carbocycles. The van der Waals surface area contributed by atoms with Crippen molar-refractivity contribution in [1.29, 1.82) is 0 Å². The van der Waals surface area contributed by atoms with Gasteiger partial charge in [-0.2, -0.15) is 0 Å². The van der Waals surface area contributed by atoms with Gasteiger partial charge in [-0.15, -0.1) is 0 Å². The van der Waals surface area contributed by atoms with E-state index in [4.69, 9.17) is 4.74 Å². The van der Waals surface area contributed by atoms with Crippen LogP contribution in [0, 0.1) is 5.92 Å². The molecule has 1 aromatic heterocycles. The van der Waals surface area contributed by atoms with E-state index >= 15 is 0 Å². The smallest absolute Gasteiger partial charge is 0.168 e. The second-order valence-corrected chi connectivity index (χ2v) is 4.41. The molecule has 1 aliphatic carbocycles. The second kappa shape index (κ2) is 5.19. The minimum absolute atomic E-state index is 0.489. The SMILES string of the molecule is CCOc1cccnc1NC(C)C1CCC1. The molecule has 0 bridgehead atoms. The van der Waals surface area contributed by atoms with Gasteiger partial charge in [-0.1, -0.05) is 6.42 Å². The number of hydrogen-bond donors (Lipinski definition) is 1. The van der Waals surface area contributed by atoms with Gasteiger partial charge in [0, 0.05) is 12.2 Å². The number of nitrogens with one attached hydrogen (secondary N) is 1. The van der Waals surface area contributed by atoms with Crippen molar-refractivity contribution in [3.8, 4) is 5.75 Å². The van der Waals surface area contributed by atoms with Crippen LogP contribution in [0.1, 0.15) is 33.1 Å². The molecule has 0 aromatic carbocycles. The Morgan fingerprint density at radius 1 is 1.56 bits per heavy atom. The third-order valence-electron chi connectivity index (χ3n) is 3.29. The van der Waals surface area contributed by atoms with Crippen molar-refractivity contribution in [2.75, 3.05) is 11.9 Å². The fourth-order valence-corrected chi connectivity index (χ4v) is 2.04. The zero-order valence-electron chi connectivity index (χ0n) is 10.1. The van der Waals surface area contributed by atoms with Crippen molar-refractivity contribution < 1.29 is 4.74 Å². The van der Waals surface area contributed by atoms with Gasteiger partial charge in [0.1, 0.15) is 0 Å². The molecule has 1 heterocycles. The maximum atomic E-state index is 5.54. The first kappa shape index (κ1) is 11.2. The van der Waals surface area contributed by atoms with Crippen LogP contribution >= 0.6 is 0 Å². The van der Waals surface area contributed by atoms with E-state index in [-0.39, 0.29) is 0 Å². The Hall–Kier alpha value is -1.25. The van der Waals surface area contributed by atoms with E-state index in [1.807, 2.05) is 19.1 Å². The van der Waals surface area contributed by atoms with Crippen LogP contribution in [-0.4, -0.2) is 17.6 Å². The zero-order valence-corrected chi connectivity index (χ0v) is 10.1. The molecule has 88 valence electrons. The van der Waals surface area contributed by atoms with E-state index in [1.165, 1.54) is 19.3 Å². The van der Waals surface area contributed by atoms with Crippen molar-refractivity contribution in [2.45, 2.75) is 39.2 Å². The summed E-state index contributed by atoms with van der Waals surface area (Å²) in [6, 6.07) is 4.36. The van der Waals surface area contributed by atoms with Gasteiger partial charge in [0.25, 0.3) is 0 Å². The number of ether oxygens (including phenoxy) is 1. The molecule has 0 spiro atoms. The van der Waals surface area contributed by atoms with Crippen molar-refractivity contribution in [2.24, 2.45) is 5.92 Å². The minimum Gasteiger partial charge on any atom is -0.490 e. The largest absolute Gasteiger partial charge is 0.490 e. The highest BCUT2D eigenvalue weighted by Crippen LogP contribution is 2.32. The van der Waals surface area contributed by atoms with Gasteiger partial charge in [0.2, 0.25) is 0 Å². The first-order valence-electron chi connectivity index (χ1n) is 6.15. The third-order valence-corrected chi connectivity index (χ3v) is 3.29. The minimum atomic E-state index is 0.489. The second-order valence-electron chi connectivity index (χ2n) is 4.41. The van der Waals surface area contributed by atoms with Crippen LogP contribution in [0.25, 0.3) is 0 Å². The Labute approximate surface area is 97.2 Å². The Kier molecular flexibility index (Phi) is 3.65. The van der Waals surface area contributed by atoms with Crippen molar-refractivity contribution in [1.82, 2.24) is 4.98 Å². The Morgan fingerprint density at radius 3 is 3.00 bits per heavy atom. The van der Waals surface area contributed by atoms with Crippen LogP contribution in [0.2, 0.25) is 0 Å². The number of aromatic nitrogens is 1. The van der Waals surface area contributed by atoms with Crippen LogP contribution in [0.3, 0.4) is 0 Å². The lowest BCUT2D eigenvalue weighted by Gasteiger charge is -2.32. The molecule has 2 rings (SSSR count). The van der Waals surface area contributed by atoms with E-state index in [9.17, 15) is 0 Å². The highest BCUT2D eigenvalue weighted by atomic mass is 16.5. The molecule has 0 saturated heterocycles. The van der Waals surface area contributed by atoms with Crippen LogP contribution in [0.5, 0.6) is 5.75 Å². The average Bonchev–Trinajstić information content (AvgIpc) is 2.18. The predicted molar refractivity (Wildman–Crippen MR) is 65.8 cm³/mol. The highest BCUT2D eigenvalue weighted by Gasteiger charge is 2.24. The van der Waals surface area contributed by atoms with E-state index in [0.29, 0.717) is 12.6 Å². The van der Waals surface area contributed by atoms with Gasteiger partial charge >= 0.3 is 0 Å². The van der Waals surface area contributed by atoms with Crippen LogP contribution in [-0.2, 0) is 0 Å². The summed E-state index contributed by atoms with van der Waals surface area (Å²) in [6.45, 7) is 4.90. The highest BCUT2D eigenvalue weighted by molar-refractivity contribution is 5.50. The van der Waals surface area contributed by atoms with Crippen molar-refractivity contribution in [3.05, 3.63) is 18.3 Å². The summed E-state index contributed by atoms with van der Waals surface area (Å²) in [5.41, 5.74) is 0.